The number of amides is 1. The highest BCUT2D eigenvalue weighted by atomic mass is 19.1. The molecule has 0 radical (unpaired) electrons. The van der Waals surface area contributed by atoms with Gasteiger partial charge in [0.1, 0.15) is 18.1 Å². The number of carbonyl (C=O) groups is 2. The van der Waals surface area contributed by atoms with Gasteiger partial charge < -0.3 is 15.1 Å². The number of hydrogen-bond donors (Lipinski definition) is 2. The lowest BCUT2D eigenvalue weighted by atomic mass is 10.1. The SMILES string of the molecule is C#CCN(CC(=O)O)C(=O)c1cc(F)ccc1O. The first-order valence-corrected chi connectivity index (χ1v) is 4.88. The first-order chi connectivity index (χ1) is 8.45. The van der Waals surface area contributed by atoms with E-state index < -0.39 is 30.0 Å². The number of aliphatic carboxylic acids is 1. The van der Waals surface area contributed by atoms with E-state index in [2.05, 4.69) is 5.92 Å². The minimum Gasteiger partial charge on any atom is -0.507 e. The lowest BCUT2D eigenvalue weighted by Gasteiger charge is -2.18. The van der Waals surface area contributed by atoms with Gasteiger partial charge >= 0.3 is 5.97 Å². The zero-order valence-corrected chi connectivity index (χ0v) is 9.26. The standard InChI is InChI=1S/C12H10FNO4/c1-2-5-14(7-11(16)17)12(18)9-6-8(13)3-4-10(9)15/h1,3-4,6,15H,5,7H2,(H,16,17). The number of carbonyl (C=O) groups excluding carboxylic acids is 1. The maximum Gasteiger partial charge on any atom is 0.323 e. The fourth-order valence-corrected chi connectivity index (χ4v) is 1.32. The Bertz CT molecular complexity index is 521. The van der Waals surface area contributed by atoms with Crippen molar-refractivity contribution in [2.45, 2.75) is 0 Å². The third kappa shape index (κ3) is 3.22. The van der Waals surface area contributed by atoms with Gasteiger partial charge in [0, 0.05) is 0 Å². The Balaban J connectivity index is 3.05. The van der Waals surface area contributed by atoms with Gasteiger partial charge in [-0.05, 0) is 18.2 Å². The summed E-state index contributed by atoms with van der Waals surface area (Å²) >= 11 is 0. The normalized spacial score (nSPS) is 9.56. The molecule has 0 bridgehead atoms. The largest absolute Gasteiger partial charge is 0.507 e. The van der Waals surface area contributed by atoms with Crippen LogP contribution in [-0.2, 0) is 4.79 Å². The molecule has 94 valence electrons. The molecule has 1 aromatic rings. The number of carboxylic acid groups (broad SMARTS) is 1. The Hall–Kier alpha value is -2.55. The van der Waals surface area contributed by atoms with E-state index in [1.165, 1.54) is 0 Å². The van der Waals surface area contributed by atoms with E-state index in [0.29, 0.717) is 0 Å². The van der Waals surface area contributed by atoms with Gasteiger partial charge in [0.2, 0.25) is 0 Å². The van der Waals surface area contributed by atoms with Crippen molar-refractivity contribution in [2.75, 3.05) is 13.1 Å². The Morgan fingerprint density at radius 3 is 2.67 bits per heavy atom. The van der Waals surface area contributed by atoms with E-state index in [4.69, 9.17) is 11.5 Å². The molecule has 18 heavy (non-hydrogen) atoms. The number of phenols is 1. The monoisotopic (exact) mass is 251 g/mol. The highest BCUT2D eigenvalue weighted by Crippen LogP contribution is 2.19. The van der Waals surface area contributed by atoms with Crippen LogP contribution in [0.5, 0.6) is 5.75 Å². The van der Waals surface area contributed by atoms with Crippen LogP contribution >= 0.6 is 0 Å². The van der Waals surface area contributed by atoms with Crippen LogP contribution in [-0.4, -0.2) is 40.1 Å². The summed E-state index contributed by atoms with van der Waals surface area (Å²) in [7, 11) is 0. The molecule has 5 nitrogen and oxygen atoms in total. The third-order valence-corrected chi connectivity index (χ3v) is 2.08. The van der Waals surface area contributed by atoms with E-state index in [9.17, 15) is 19.1 Å². The minimum atomic E-state index is -1.26. The molecule has 0 atom stereocenters. The fourth-order valence-electron chi connectivity index (χ4n) is 1.32. The first-order valence-electron chi connectivity index (χ1n) is 4.88. The molecular weight excluding hydrogens is 241 g/mol. The summed E-state index contributed by atoms with van der Waals surface area (Å²) in [5.74, 6) is -1.12. The van der Waals surface area contributed by atoms with Crippen LogP contribution in [0.2, 0.25) is 0 Å². The molecule has 0 saturated carbocycles. The topological polar surface area (TPSA) is 77.8 Å². The summed E-state index contributed by atoms with van der Waals surface area (Å²) in [5.41, 5.74) is -0.327. The average Bonchev–Trinajstić information content (AvgIpc) is 2.30. The second kappa shape index (κ2) is 5.68. The molecule has 2 N–H and O–H groups in total. The first kappa shape index (κ1) is 13.5. The molecule has 6 heteroatoms. The van der Waals surface area contributed by atoms with Crippen molar-refractivity contribution in [1.82, 2.24) is 4.90 Å². The van der Waals surface area contributed by atoms with Crippen LogP contribution in [0, 0.1) is 18.2 Å². The molecule has 1 aromatic carbocycles. The van der Waals surface area contributed by atoms with Gasteiger partial charge in [-0.15, -0.1) is 6.42 Å². The molecule has 0 aliphatic carbocycles. The maximum absolute atomic E-state index is 13.0. The minimum absolute atomic E-state index is 0.249. The number of phenolic OH excluding ortho intramolecular Hbond substituents is 1. The molecule has 0 aromatic heterocycles. The number of rotatable bonds is 4. The Morgan fingerprint density at radius 1 is 1.44 bits per heavy atom. The van der Waals surface area contributed by atoms with Crippen molar-refractivity contribution < 1.29 is 24.2 Å². The molecule has 0 aliphatic heterocycles. The van der Waals surface area contributed by atoms with Gasteiger partial charge in [0.25, 0.3) is 5.91 Å². The fraction of sp³-hybridized carbons (Fsp3) is 0.167. The molecule has 0 heterocycles. The molecule has 1 amide bonds. The van der Waals surface area contributed by atoms with Crippen LogP contribution in [0.3, 0.4) is 0 Å². The molecule has 0 fully saturated rings. The summed E-state index contributed by atoms with van der Waals surface area (Å²) in [5, 5.41) is 18.1. The maximum atomic E-state index is 13.0. The second-order valence-electron chi connectivity index (χ2n) is 3.42. The summed E-state index contributed by atoms with van der Waals surface area (Å²) in [6, 6.07) is 2.81. The van der Waals surface area contributed by atoms with Gasteiger partial charge in [0.15, 0.2) is 0 Å². The van der Waals surface area contributed by atoms with Crippen molar-refractivity contribution in [3.05, 3.63) is 29.6 Å². The van der Waals surface area contributed by atoms with Crippen LogP contribution in [0.1, 0.15) is 10.4 Å². The van der Waals surface area contributed by atoms with Gasteiger partial charge in [0.05, 0.1) is 12.1 Å². The molecular formula is C12H10FNO4. The van der Waals surface area contributed by atoms with Crippen LogP contribution in [0.15, 0.2) is 18.2 Å². The van der Waals surface area contributed by atoms with E-state index in [-0.39, 0.29) is 12.1 Å². The summed E-state index contributed by atoms with van der Waals surface area (Å²) < 4.78 is 13.0. The highest BCUT2D eigenvalue weighted by molar-refractivity contribution is 5.98. The molecule has 0 unspecified atom stereocenters. The van der Waals surface area contributed by atoms with Crippen molar-refractivity contribution in [2.24, 2.45) is 0 Å². The number of nitrogens with zero attached hydrogens (tertiary/aromatic N) is 1. The van der Waals surface area contributed by atoms with Crippen LogP contribution in [0.25, 0.3) is 0 Å². The van der Waals surface area contributed by atoms with Crippen LogP contribution < -0.4 is 0 Å². The van der Waals surface area contributed by atoms with Crippen molar-refractivity contribution in [1.29, 1.82) is 0 Å². The van der Waals surface area contributed by atoms with Crippen molar-refractivity contribution in [3.8, 4) is 18.1 Å². The molecule has 1 rings (SSSR count). The number of aromatic hydroxyl groups is 1. The molecule has 0 saturated heterocycles. The van der Waals surface area contributed by atoms with E-state index in [1.807, 2.05) is 0 Å². The van der Waals surface area contributed by atoms with Gasteiger partial charge in [-0.1, -0.05) is 5.92 Å². The highest BCUT2D eigenvalue weighted by Gasteiger charge is 2.21. The predicted molar refractivity (Wildman–Crippen MR) is 60.4 cm³/mol. The zero-order valence-electron chi connectivity index (χ0n) is 9.26. The number of carboxylic acids is 1. The summed E-state index contributed by atoms with van der Waals surface area (Å²) in [4.78, 5) is 23.3. The average molecular weight is 251 g/mol. The van der Waals surface area contributed by atoms with Crippen molar-refractivity contribution in [3.63, 3.8) is 0 Å². The number of terminal acetylenes is 1. The zero-order chi connectivity index (χ0) is 13.7. The number of benzene rings is 1. The van der Waals surface area contributed by atoms with Gasteiger partial charge in [-0.2, -0.15) is 0 Å². The van der Waals surface area contributed by atoms with Crippen molar-refractivity contribution >= 4 is 11.9 Å². The summed E-state index contributed by atoms with van der Waals surface area (Å²) in [6.45, 7) is -0.875. The Kier molecular flexibility index (Phi) is 4.27. The predicted octanol–water partition coefficient (Wildman–Crippen LogP) is 0.691. The van der Waals surface area contributed by atoms with Crippen LogP contribution in [0.4, 0.5) is 4.39 Å². The van der Waals surface area contributed by atoms with E-state index in [0.717, 1.165) is 23.1 Å². The third-order valence-electron chi connectivity index (χ3n) is 2.08. The lowest BCUT2D eigenvalue weighted by Crippen LogP contribution is -2.36. The quantitative estimate of drug-likeness (QED) is 0.772. The summed E-state index contributed by atoms with van der Waals surface area (Å²) in [6.07, 6.45) is 5.02. The lowest BCUT2D eigenvalue weighted by molar-refractivity contribution is -0.137. The van der Waals surface area contributed by atoms with Gasteiger partial charge in [-0.3, -0.25) is 9.59 Å². The smallest absolute Gasteiger partial charge is 0.323 e. The Labute approximate surface area is 102 Å². The molecule has 0 aliphatic rings. The Morgan fingerprint density at radius 2 is 2.11 bits per heavy atom. The van der Waals surface area contributed by atoms with Gasteiger partial charge in [-0.25, -0.2) is 4.39 Å². The second-order valence-corrected chi connectivity index (χ2v) is 3.42. The van der Waals surface area contributed by atoms with E-state index in [1.54, 1.807) is 0 Å². The molecule has 0 spiro atoms. The van der Waals surface area contributed by atoms with E-state index >= 15 is 0 Å². The number of hydrogen-bond acceptors (Lipinski definition) is 3. The number of halogens is 1.